The Kier molecular flexibility index (Phi) is 6.07. The van der Waals surface area contributed by atoms with Gasteiger partial charge in [-0.2, -0.15) is 4.98 Å². The molecule has 10 heteroatoms. The molecule has 9 nitrogen and oxygen atoms in total. The van der Waals surface area contributed by atoms with Crippen molar-refractivity contribution in [3.8, 4) is 5.75 Å². The van der Waals surface area contributed by atoms with Crippen LogP contribution in [0.5, 0.6) is 5.75 Å². The van der Waals surface area contributed by atoms with Crippen molar-refractivity contribution in [3.63, 3.8) is 0 Å². The van der Waals surface area contributed by atoms with Crippen LogP contribution in [0.25, 0.3) is 0 Å². The third-order valence-corrected chi connectivity index (χ3v) is 3.71. The third kappa shape index (κ3) is 3.99. The number of para-hydroxylation sites is 2. The lowest BCUT2D eigenvalue weighted by atomic mass is 10.2. The van der Waals surface area contributed by atoms with Crippen LogP contribution < -0.4 is 10.1 Å². The summed E-state index contributed by atoms with van der Waals surface area (Å²) in [5.41, 5.74) is -0.0940. The number of aromatic nitrogens is 2. The van der Waals surface area contributed by atoms with E-state index >= 15 is 0 Å². The number of rotatable bonds is 5. The van der Waals surface area contributed by atoms with Crippen molar-refractivity contribution in [2.24, 2.45) is 0 Å². The van der Waals surface area contributed by atoms with Gasteiger partial charge in [0.2, 0.25) is 0 Å². The lowest BCUT2D eigenvalue weighted by molar-refractivity contribution is -0.386. The summed E-state index contributed by atoms with van der Waals surface area (Å²) in [4.78, 5) is 16.9. The predicted octanol–water partition coefficient (Wildman–Crippen LogP) is 1.55. The molecule has 0 bridgehead atoms. The van der Waals surface area contributed by atoms with Crippen molar-refractivity contribution >= 4 is 18.1 Å². The van der Waals surface area contributed by atoms with E-state index < -0.39 is 4.92 Å². The van der Waals surface area contributed by atoms with Gasteiger partial charge in [0.15, 0.2) is 18.2 Å². The monoisotopic (exact) mass is 355 g/mol. The van der Waals surface area contributed by atoms with Gasteiger partial charge < -0.3 is 14.6 Å². The number of likely N-dealkylation sites (N-methyl/N-ethyl adjacent to an activating group) is 1. The van der Waals surface area contributed by atoms with Crippen molar-refractivity contribution < 1.29 is 14.2 Å². The zero-order valence-electron chi connectivity index (χ0n) is 13.0. The van der Waals surface area contributed by atoms with E-state index in [1.54, 1.807) is 12.1 Å². The van der Waals surface area contributed by atoms with Gasteiger partial charge in [0.1, 0.15) is 0 Å². The molecule has 1 N–H and O–H groups in total. The predicted molar refractivity (Wildman–Crippen MR) is 87.2 cm³/mol. The summed E-state index contributed by atoms with van der Waals surface area (Å²) in [5, 5.41) is 18.2. The lowest BCUT2D eigenvalue weighted by Crippen LogP contribution is -2.44. The Morgan fingerprint density at radius 1 is 1.50 bits per heavy atom. The number of hydrogen-bond acceptors (Lipinski definition) is 8. The molecule has 0 saturated carbocycles. The fourth-order valence-corrected chi connectivity index (χ4v) is 2.43. The van der Waals surface area contributed by atoms with Crippen molar-refractivity contribution in [3.05, 3.63) is 46.1 Å². The van der Waals surface area contributed by atoms with E-state index in [0.29, 0.717) is 5.82 Å². The Morgan fingerprint density at radius 3 is 3.04 bits per heavy atom. The van der Waals surface area contributed by atoms with Crippen molar-refractivity contribution in [1.82, 2.24) is 20.4 Å². The minimum absolute atomic E-state index is 0. The van der Waals surface area contributed by atoms with Crippen LogP contribution in [-0.2, 0) is 6.61 Å². The number of nitrogens with one attached hydrogen (secondary N) is 1. The summed E-state index contributed by atoms with van der Waals surface area (Å²) in [5.74, 6) is 1.05. The number of nitro groups is 1. The van der Waals surface area contributed by atoms with Gasteiger partial charge in [-0.05, 0) is 13.1 Å². The Hall–Kier alpha value is -2.23. The molecule has 1 saturated heterocycles. The molecule has 2 heterocycles. The van der Waals surface area contributed by atoms with Crippen LogP contribution in [0.4, 0.5) is 5.69 Å². The second kappa shape index (κ2) is 8.04. The summed E-state index contributed by atoms with van der Waals surface area (Å²) in [6.07, 6.45) is 0. The molecule has 0 amide bonds. The van der Waals surface area contributed by atoms with Gasteiger partial charge in [0, 0.05) is 25.7 Å². The summed E-state index contributed by atoms with van der Waals surface area (Å²) >= 11 is 0. The number of hydrogen-bond donors (Lipinski definition) is 1. The van der Waals surface area contributed by atoms with Crippen molar-refractivity contribution in [2.75, 3.05) is 26.7 Å². The maximum Gasteiger partial charge on any atom is 0.310 e. The molecule has 3 rings (SSSR count). The van der Waals surface area contributed by atoms with Crippen LogP contribution in [0.1, 0.15) is 17.8 Å². The van der Waals surface area contributed by atoms with Gasteiger partial charge >= 0.3 is 5.69 Å². The van der Waals surface area contributed by atoms with Gasteiger partial charge in [-0.3, -0.25) is 15.0 Å². The molecule has 1 fully saturated rings. The lowest BCUT2D eigenvalue weighted by Gasteiger charge is -2.30. The summed E-state index contributed by atoms with van der Waals surface area (Å²) in [6, 6.07) is 6.23. The molecule has 1 atom stereocenters. The van der Waals surface area contributed by atoms with Gasteiger partial charge in [-0.15, -0.1) is 12.4 Å². The SMILES string of the molecule is CN1CCNCC1c1noc(COc2ccccc2[N+](=O)[O-])n1.Cl. The number of ether oxygens (including phenoxy) is 1. The minimum Gasteiger partial charge on any atom is -0.477 e. The van der Waals surface area contributed by atoms with Crippen molar-refractivity contribution in [2.45, 2.75) is 12.6 Å². The Labute approximate surface area is 144 Å². The molecule has 1 aromatic heterocycles. The number of piperazine rings is 1. The molecule has 0 radical (unpaired) electrons. The standard InChI is InChI=1S/C14H17N5O4.ClH/c1-18-7-6-15-8-11(18)14-16-13(23-17-14)9-22-12-5-3-2-4-10(12)19(20)21;/h2-5,11,15H,6-9H2,1H3;1H. The average molecular weight is 356 g/mol. The maximum atomic E-state index is 10.9. The zero-order chi connectivity index (χ0) is 16.2. The molecule has 130 valence electrons. The number of nitrogens with zero attached hydrogens (tertiary/aromatic N) is 4. The molecule has 1 aromatic carbocycles. The van der Waals surface area contributed by atoms with Crippen molar-refractivity contribution in [1.29, 1.82) is 0 Å². The molecule has 1 unspecified atom stereocenters. The van der Waals surface area contributed by atoms with E-state index in [9.17, 15) is 10.1 Å². The highest BCUT2D eigenvalue weighted by Crippen LogP contribution is 2.26. The smallest absolute Gasteiger partial charge is 0.310 e. The Balaban J connectivity index is 0.00000208. The largest absolute Gasteiger partial charge is 0.477 e. The summed E-state index contributed by atoms with van der Waals surface area (Å²) in [6.45, 7) is 2.57. The Bertz CT molecular complexity index is 695. The topological polar surface area (TPSA) is 107 Å². The molecule has 0 aliphatic carbocycles. The van der Waals surface area contributed by atoms with Gasteiger partial charge in [-0.25, -0.2) is 0 Å². The molecule has 0 spiro atoms. The summed E-state index contributed by atoms with van der Waals surface area (Å²) in [7, 11) is 2.01. The van der Waals surface area contributed by atoms with Gasteiger partial charge in [0.05, 0.1) is 11.0 Å². The highest BCUT2D eigenvalue weighted by Gasteiger charge is 2.25. The normalized spacial score (nSPS) is 18.0. The number of halogens is 1. The second-order valence-corrected chi connectivity index (χ2v) is 5.26. The number of benzene rings is 1. The van der Waals surface area contributed by atoms with Crippen LogP contribution >= 0.6 is 12.4 Å². The molecular weight excluding hydrogens is 338 g/mol. The van der Waals surface area contributed by atoms with E-state index in [4.69, 9.17) is 9.26 Å². The van der Waals surface area contributed by atoms with Crippen LogP contribution in [-0.4, -0.2) is 46.6 Å². The van der Waals surface area contributed by atoms with E-state index in [1.807, 2.05) is 7.05 Å². The maximum absolute atomic E-state index is 10.9. The summed E-state index contributed by atoms with van der Waals surface area (Å²) < 4.78 is 10.6. The molecule has 1 aliphatic heterocycles. The van der Waals surface area contributed by atoms with E-state index in [0.717, 1.165) is 19.6 Å². The van der Waals surface area contributed by atoms with E-state index in [2.05, 4.69) is 20.4 Å². The third-order valence-electron chi connectivity index (χ3n) is 3.71. The molecule has 2 aromatic rings. The van der Waals surface area contributed by atoms with Crippen LogP contribution in [0.3, 0.4) is 0 Å². The molecular formula is C14H18ClN5O4. The fraction of sp³-hybridized carbons (Fsp3) is 0.429. The first-order valence-electron chi connectivity index (χ1n) is 7.25. The zero-order valence-corrected chi connectivity index (χ0v) is 13.9. The van der Waals surface area contributed by atoms with Crippen LogP contribution in [0.2, 0.25) is 0 Å². The first kappa shape index (κ1) is 18.1. The minimum atomic E-state index is -0.489. The van der Waals surface area contributed by atoms with Gasteiger partial charge in [-0.1, -0.05) is 17.3 Å². The average Bonchev–Trinajstić information content (AvgIpc) is 3.02. The first-order valence-corrected chi connectivity index (χ1v) is 7.25. The Morgan fingerprint density at radius 2 is 2.29 bits per heavy atom. The van der Waals surface area contributed by atoms with E-state index in [1.165, 1.54) is 12.1 Å². The molecule has 1 aliphatic rings. The quantitative estimate of drug-likeness (QED) is 0.636. The molecule has 24 heavy (non-hydrogen) atoms. The fourth-order valence-electron chi connectivity index (χ4n) is 2.43. The first-order chi connectivity index (χ1) is 11.1. The highest BCUT2D eigenvalue weighted by molar-refractivity contribution is 5.85. The van der Waals surface area contributed by atoms with Crippen LogP contribution in [0, 0.1) is 10.1 Å². The second-order valence-electron chi connectivity index (χ2n) is 5.26. The van der Waals surface area contributed by atoms with Crippen LogP contribution in [0.15, 0.2) is 28.8 Å². The number of nitro benzene ring substituents is 1. The highest BCUT2D eigenvalue weighted by atomic mass is 35.5. The van der Waals surface area contributed by atoms with E-state index in [-0.39, 0.29) is 42.4 Å². The van der Waals surface area contributed by atoms with Gasteiger partial charge in [0.25, 0.3) is 5.89 Å².